The van der Waals surface area contributed by atoms with Gasteiger partial charge in [0.15, 0.2) is 0 Å². The van der Waals surface area contributed by atoms with Crippen LogP contribution in [0.2, 0.25) is 0 Å². The van der Waals surface area contributed by atoms with Gasteiger partial charge in [0.2, 0.25) is 5.91 Å². The second-order valence-corrected chi connectivity index (χ2v) is 9.34. The molecule has 1 aliphatic heterocycles. The molecule has 4 rings (SSSR count). The quantitative estimate of drug-likeness (QED) is 0.474. The number of benzene rings is 3. The summed E-state index contributed by atoms with van der Waals surface area (Å²) in [6.07, 6.45) is 0. The molecule has 3 amide bonds. The summed E-state index contributed by atoms with van der Waals surface area (Å²) in [6, 6.07) is 24.3. The first-order valence-corrected chi connectivity index (χ1v) is 12.8. The van der Waals surface area contributed by atoms with Gasteiger partial charge in [0, 0.05) is 25.2 Å². The molecule has 0 bridgehead atoms. The standard InChI is InChI=1S/C28H29N3O3S/c1-3-30(4-2)27(34)23-12-8-9-13-24(23)29-26(33)21-14-16-22(17-15-21)28-31(25(32)19-35-28)18-20-10-6-5-7-11-20/h5-17,28H,3-4,18-19H2,1-2H3,(H,29,33)/t28-/m1/s1. The number of nitrogens with one attached hydrogen (secondary N) is 1. The summed E-state index contributed by atoms with van der Waals surface area (Å²) >= 11 is 1.59. The summed E-state index contributed by atoms with van der Waals surface area (Å²) in [6.45, 7) is 5.61. The Bertz CT molecular complexity index is 1190. The second kappa shape index (κ2) is 11.2. The van der Waals surface area contributed by atoms with Crippen molar-refractivity contribution in [3.05, 3.63) is 101 Å². The SMILES string of the molecule is CCN(CC)C(=O)c1ccccc1NC(=O)c1ccc([C@H]2SCC(=O)N2Cc2ccccc2)cc1. The molecule has 3 aromatic rings. The monoisotopic (exact) mass is 487 g/mol. The fourth-order valence-corrected chi connectivity index (χ4v) is 5.32. The summed E-state index contributed by atoms with van der Waals surface area (Å²) in [4.78, 5) is 42.0. The number of thioether (sulfide) groups is 1. The van der Waals surface area contributed by atoms with Crippen molar-refractivity contribution in [1.82, 2.24) is 9.80 Å². The molecule has 1 atom stereocenters. The van der Waals surface area contributed by atoms with Crippen LogP contribution in [0.4, 0.5) is 5.69 Å². The minimum absolute atomic E-state index is 0.0905. The first-order chi connectivity index (χ1) is 17.0. The Kier molecular flexibility index (Phi) is 7.87. The molecule has 3 aromatic carbocycles. The van der Waals surface area contributed by atoms with Crippen LogP contribution in [-0.2, 0) is 11.3 Å². The van der Waals surface area contributed by atoms with E-state index in [-0.39, 0.29) is 23.1 Å². The Morgan fingerprint density at radius 1 is 0.943 bits per heavy atom. The zero-order valence-electron chi connectivity index (χ0n) is 19.9. The molecule has 0 radical (unpaired) electrons. The van der Waals surface area contributed by atoms with Crippen LogP contribution in [0.1, 0.15) is 51.1 Å². The zero-order valence-corrected chi connectivity index (χ0v) is 20.8. The van der Waals surface area contributed by atoms with Gasteiger partial charge < -0.3 is 15.1 Å². The zero-order chi connectivity index (χ0) is 24.8. The third kappa shape index (κ3) is 5.57. The van der Waals surface area contributed by atoms with E-state index in [1.807, 2.05) is 61.2 Å². The van der Waals surface area contributed by atoms with E-state index in [0.717, 1.165) is 11.1 Å². The number of hydrogen-bond donors (Lipinski definition) is 1. The largest absolute Gasteiger partial charge is 0.339 e. The van der Waals surface area contributed by atoms with E-state index in [1.54, 1.807) is 53.1 Å². The first kappa shape index (κ1) is 24.5. The first-order valence-electron chi connectivity index (χ1n) is 11.8. The third-order valence-electron chi connectivity index (χ3n) is 6.08. The highest BCUT2D eigenvalue weighted by molar-refractivity contribution is 8.00. The highest BCUT2D eigenvalue weighted by Crippen LogP contribution is 2.39. The van der Waals surface area contributed by atoms with Gasteiger partial charge >= 0.3 is 0 Å². The molecule has 0 aromatic heterocycles. The topological polar surface area (TPSA) is 69.7 Å². The molecule has 6 nitrogen and oxygen atoms in total. The fraction of sp³-hybridized carbons (Fsp3) is 0.250. The predicted molar refractivity (Wildman–Crippen MR) is 140 cm³/mol. The van der Waals surface area contributed by atoms with Gasteiger partial charge in [-0.05, 0) is 49.2 Å². The number of carbonyl (C=O) groups is 3. The Morgan fingerprint density at radius 2 is 1.60 bits per heavy atom. The van der Waals surface area contributed by atoms with Gasteiger partial charge in [0.05, 0.1) is 17.0 Å². The van der Waals surface area contributed by atoms with Crippen molar-refractivity contribution in [3.8, 4) is 0 Å². The summed E-state index contributed by atoms with van der Waals surface area (Å²) in [5, 5.41) is 2.80. The Hall–Kier alpha value is -3.58. The molecule has 180 valence electrons. The highest BCUT2D eigenvalue weighted by Gasteiger charge is 2.32. The maximum atomic E-state index is 13.0. The van der Waals surface area contributed by atoms with E-state index in [1.165, 1.54) is 0 Å². The van der Waals surface area contributed by atoms with E-state index in [4.69, 9.17) is 0 Å². The minimum atomic E-state index is -0.285. The van der Waals surface area contributed by atoms with Crippen molar-refractivity contribution in [2.24, 2.45) is 0 Å². The van der Waals surface area contributed by atoms with Crippen LogP contribution in [0.15, 0.2) is 78.9 Å². The van der Waals surface area contributed by atoms with E-state index in [9.17, 15) is 14.4 Å². The van der Waals surface area contributed by atoms with Crippen molar-refractivity contribution < 1.29 is 14.4 Å². The number of para-hydroxylation sites is 1. The van der Waals surface area contributed by atoms with Gasteiger partial charge in [-0.2, -0.15) is 0 Å². The van der Waals surface area contributed by atoms with Crippen LogP contribution in [0.3, 0.4) is 0 Å². The lowest BCUT2D eigenvalue weighted by molar-refractivity contribution is -0.128. The molecule has 1 N–H and O–H groups in total. The summed E-state index contributed by atoms with van der Waals surface area (Å²) in [5.74, 6) is 0.160. The molecule has 0 aliphatic carbocycles. The molecule has 0 spiro atoms. The molecule has 35 heavy (non-hydrogen) atoms. The van der Waals surface area contributed by atoms with Crippen molar-refractivity contribution in [3.63, 3.8) is 0 Å². The molecule has 0 saturated carbocycles. The molecule has 1 heterocycles. The minimum Gasteiger partial charge on any atom is -0.339 e. The number of hydrogen-bond acceptors (Lipinski definition) is 4. The van der Waals surface area contributed by atoms with Crippen molar-refractivity contribution in [1.29, 1.82) is 0 Å². The maximum absolute atomic E-state index is 13.0. The summed E-state index contributed by atoms with van der Waals surface area (Å²) in [7, 11) is 0. The number of anilines is 1. The smallest absolute Gasteiger partial charge is 0.255 e. The number of rotatable bonds is 8. The normalized spacial score (nSPS) is 15.2. The lowest BCUT2D eigenvalue weighted by Crippen LogP contribution is -2.31. The van der Waals surface area contributed by atoms with Gasteiger partial charge in [0.1, 0.15) is 5.37 Å². The van der Waals surface area contributed by atoms with Crippen LogP contribution in [0.5, 0.6) is 0 Å². The molecule has 1 saturated heterocycles. The Morgan fingerprint density at radius 3 is 2.29 bits per heavy atom. The number of carbonyl (C=O) groups excluding carboxylic acids is 3. The average molecular weight is 488 g/mol. The van der Waals surface area contributed by atoms with Gasteiger partial charge in [-0.25, -0.2) is 0 Å². The van der Waals surface area contributed by atoms with Crippen LogP contribution >= 0.6 is 11.8 Å². The van der Waals surface area contributed by atoms with E-state index >= 15 is 0 Å². The number of amides is 3. The van der Waals surface area contributed by atoms with Gasteiger partial charge in [0.25, 0.3) is 11.8 Å². The Labute approximate surface area is 210 Å². The molecule has 7 heteroatoms. The van der Waals surface area contributed by atoms with E-state index in [2.05, 4.69) is 5.32 Å². The molecular weight excluding hydrogens is 458 g/mol. The van der Waals surface area contributed by atoms with Crippen molar-refractivity contribution in [2.75, 3.05) is 24.2 Å². The van der Waals surface area contributed by atoms with Crippen LogP contribution in [0.25, 0.3) is 0 Å². The maximum Gasteiger partial charge on any atom is 0.255 e. The molecular formula is C28H29N3O3S. The van der Waals surface area contributed by atoms with Crippen LogP contribution < -0.4 is 5.32 Å². The van der Waals surface area contributed by atoms with Crippen LogP contribution in [0, 0.1) is 0 Å². The Balaban J connectivity index is 1.48. The summed E-state index contributed by atoms with van der Waals surface area (Å²) in [5.41, 5.74) is 3.51. The van der Waals surface area contributed by atoms with Gasteiger partial charge in [-0.15, -0.1) is 11.8 Å². The summed E-state index contributed by atoms with van der Waals surface area (Å²) < 4.78 is 0. The van der Waals surface area contributed by atoms with Crippen molar-refractivity contribution in [2.45, 2.75) is 25.8 Å². The average Bonchev–Trinajstić information content (AvgIpc) is 3.25. The van der Waals surface area contributed by atoms with Gasteiger partial charge in [-0.1, -0.05) is 54.6 Å². The lowest BCUT2D eigenvalue weighted by Gasteiger charge is -2.24. The fourth-order valence-electron chi connectivity index (χ4n) is 4.13. The second-order valence-electron chi connectivity index (χ2n) is 8.27. The van der Waals surface area contributed by atoms with E-state index in [0.29, 0.717) is 42.2 Å². The van der Waals surface area contributed by atoms with Crippen LogP contribution in [-0.4, -0.2) is 46.4 Å². The lowest BCUT2D eigenvalue weighted by atomic mass is 10.1. The van der Waals surface area contributed by atoms with Gasteiger partial charge in [-0.3, -0.25) is 14.4 Å². The van der Waals surface area contributed by atoms with E-state index < -0.39 is 0 Å². The van der Waals surface area contributed by atoms with Crippen molar-refractivity contribution >= 4 is 35.2 Å². The highest BCUT2D eigenvalue weighted by atomic mass is 32.2. The molecule has 1 aliphatic rings. The molecule has 0 unspecified atom stereocenters. The molecule has 1 fully saturated rings. The predicted octanol–water partition coefficient (Wildman–Crippen LogP) is 5.20. The number of nitrogens with zero attached hydrogens (tertiary/aromatic N) is 2. The third-order valence-corrected chi connectivity index (χ3v) is 7.33.